The van der Waals surface area contributed by atoms with Crippen LogP contribution in [0, 0.1) is 23.0 Å². The molecule has 0 bridgehead atoms. The number of nitrogens with zero attached hydrogens (tertiary/aromatic N) is 4. The molecule has 0 saturated heterocycles. The van der Waals surface area contributed by atoms with Crippen LogP contribution in [0.15, 0.2) is 42.7 Å². The summed E-state index contributed by atoms with van der Waals surface area (Å²) in [4.78, 5) is 4.01. The van der Waals surface area contributed by atoms with Crippen molar-refractivity contribution >= 4 is 12.2 Å². The van der Waals surface area contributed by atoms with E-state index in [9.17, 15) is 0 Å². The van der Waals surface area contributed by atoms with Crippen LogP contribution in [0.5, 0.6) is 0 Å². The van der Waals surface area contributed by atoms with Crippen molar-refractivity contribution in [1.29, 1.82) is 5.26 Å². The summed E-state index contributed by atoms with van der Waals surface area (Å²) in [5, 5.41) is 16.2. The maximum absolute atomic E-state index is 9.09. The monoisotopic (exact) mass is 293 g/mol. The minimum atomic E-state index is 0.486. The van der Waals surface area contributed by atoms with Gasteiger partial charge in [-0.25, -0.2) is 0 Å². The fourth-order valence-corrected chi connectivity index (χ4v) is 2.37. The molecule has 0 aliphatic heterocycles. The molecule has 21 heavy (non-hydrogen) atoms. The first-order chi connectivity index (χ1) is 10.2. The van der Waals surface area contributed by atoms with Crippen LogP contribution in [0.4, 0.5) is 0 Å². The summed E-state index contributed by atoms with van der Waals surface area (Å²) in [5.41, 5.74) is 3.35. The van der Waals surface area contributed by atoms with Crippen LogP contribution in [-0.2, 0) is 0 Å². The standard InChI is InChI=1S/C15H11N5S/c1-10-2-3-11(9-16)8-13(10)20-14(18-19-15(20)21)12-4-6-17-7-5-12/h2-8H,1H3,(H,19,21). The number of pyridine rings is 1. The Morgan fingerprint density at radius 1 is 1.24 bits per heavy atom. The van der Waals surface area contributed by atoms with E-state index < -0.39 is 0 Å². The van der Waals surface area contributed by atoms with Gasteiger partial charge in [0.2, 0.25) is 0 Å². The number of hydrogen-bond donors (Lipinski definition) is 1. The molecule has 0 aliphatic rings. The van der Waals surface area contributed by atoms with Crippen LogP contribution < -0.4 is 0 Å². The van der Waals surface area contributed by atoms with Gasteiger partial charge in [-0.3, -0.25) is 14.6 Å². The highest BCUT2D eigenvalue weighted by atomic mass is 32.1. The number of aromatic nitrogens is 4. The number of aryl methyl sites for hydroxylation is 1. The molecule has 2 heterocycles. The summed E-state index contributed by atoms with van der Waals surface area (Å²) in [6.45, 7) is 1.97. The first kappa shape index (κ1) is 13.2. The summed E-state index contributed by atoms with van der Waals surface area (Å²) in [5.74, 6) is 0.695. The molecular weight excluding hydrogens is 282 g/mol. The van der Waals surface area contributed by atoms with Crippen LogP contribution in [0.3, 0.4) is 0 Å². The van der Waals surface area contributed by atoms with Crippen molar-refractivity contribution in [3.63, 3.8) is 0 Å². The van der Waals surface area contributed by atoms with Gasteiger partial charge in [-0.1, -0.05) is 6.07 Å². The lowest BCUT2D eigenvalue weighted by atomic mass is 10.1. The third-order valence-electron chi connectivity index (χ3n) is 3.19. The quantitative estimate of drug-likeness (QED) is 0.737. The van der Waals surface area contributed by atoms with E-state index in [2.05, 4.69) is 21.3 Å². The highest BCUT2D eigenvalue weighted by Crippen LogP contribution is 2.23. The molecule has 0 fully saturated rings. The average Bonchev–Trinajstić information content (AvgIpc) is 2.90. The smallest absolute Gasteiger partial charge is 0.200 e. The lowest BCUT2D eigenvalue weighted by Crippen LogP contribution is -2.01. The average molecular weight is 293 g/mol. The third-order valence-corrected chi connectivity index (χ3v) is 3.46. The lowest BCUT2D eigenvalue weighted by Gasteiger charge is -2.10. The molecule has 102 valence electrons. The molecule has 0 amide bonds. The Morgan fingerprint density at radius 3 is 2.71 bits per heavy atom. The Bertz CT molecular complexity index is 886. The van der Waals surface area contributed by atoms with Crippen LogP contribution >= 0.6 is 12.2 Å². The summed E-state index contributed by atoms with van der Waals surface area (Å²) in [6.07, 6.45) is 3.41. The Kier molecular flexibility index (Phi) is 3.34. The summed E-state index contributed by atoms with van der Waals surface area (Å²) in [6, 6.07) is 11.4. The second-order valence-electron chi connectivity index (χ2n) is 4.54. The van der Waals surface area contributed by atoms with E-state index in [0.29, 0.717) is 16.2 Å². The fourth-order valence-electron chi connectivity index (χ4n) is 2.13. The Balaban J connectivity index is 2.28. The first-order valence-corrected chi connectivity index (χ1v) is 6.70. The molecule has 1 N–H and O–H groups in total. The second kappa shape index (κ2) is 5.31. The van der Waals surface area contributed by atoms with Crippen molar-refractivity contribution in [3.05, 3.63) is 58.6 Å². The minimum absolute atomic E-state index is 0.486. The molecule has 0 unspecified atom stereocenters. The maximum atomic E-state index is 9.09. The zero-order valence-corrected chi connectivity index (χ0v) is 12.1. The zero-order chi connectivity index (χ0) is 14.8. The highest BCUT2D eigenvalue weighted by molar-refractivity contribution is 7.71. The molecule has 6 heteroatoms. The predicted molar refractivity (Wildman–Crippen MR) is 81.4 cm³/mol. The molecule has 3 aromatic rings. The molecule has 0 radical (unpaired) electrons. The van der Waals surface area contributed by atoms with Gasteiger partial charge >= 0.3 is 0 Å². The Hall–Kier alpha value is -2.78. The van der Waals surface area contributed by atoms with Gasteiger partial charge in [0.25, 0.3) is 0 Å². The minimum Gasteiger partial charge on any atom is -0.268 e. The van der Waals surface area contributed by atoms with Gasteiger partial charge in [-0.2, -0.15) is 10.4 Å². The molecule has 1 aromatic carbocycles. The highest BCUT2D eigenvalue weighted by Gasteiger charge is 2.12. The topological polar surface area (TPSA) is 70.3 Å². The molecule has 3 rings (SSSR count). The van der Waals surface area contributed by atoms with Crippen LogP contribution in [0.1, 0.15) is 11.1 Å². The van der Waals surface area contributed by atoms with Gasteiger partial charge in [0.1, 0.15) is 0 Å². The van der Waals surface area contributed by atoms with E-state index in [1.54, 1.807) is 18.5 Å². The van der Waals surface area contributed by atoms with Crippen molar-refractivity contribution < 1.29 is 0 Å². The van der Waals surface area contributed by atoms with E-state index in [1.165, 1.54) is 0 Å². The number of hydrogen-bond acceptors (Lipinski definition) is 4. The van der Waals surface area contributed by atoms with E-state index in [0.717, 1.165) is 16.8 Å². The number of nitriles is 1. The van der Waals surface area contributed by atoms with E-state index in [1.807, 2.05) is 35.8 Å². The van der Waals surface area contributed by atoms with Gasteiger partial charge in [-0.15, -0.1) is 0 Å². The number of aromatic amines is 1. The SMILES string of the molecule is Cc1ccc(C#N)cc1-n1c(-c2ccncc2)n[nH]c1=S. The normalized spacial score (nSPS) is 10.3. The van der Waals surface area contributed by atoms with Crippen molar-refractivity contribution in [1.82, 2.24) is 19.7 Å². The lowest BCUT2D eigenvalue weighted by molar-refractivity contribution is 1.02. The number of benzene rings is 1. The number of H-pyrrole nitrogens is 1. The molecule has 2 aromatic heterocycles. The van der Waals surface area contributed by atoms with Crippen molar-refractivity contribution in [3.8, 4) is 23.1 Å². The van der Waals surface area contributed by atoms with E-state index in [4.69, 9.17) is 17.5 Å². The fraction of sp³-hybridized carbons (Fsp3) is 0.0667. The number of nitrogens with one attached hydrogen (secondary N) is 1. The van der Waals surface area contributed by atoms with Gasteiger partial charge in [0.05, 0.1) is 17.3 Å². The van der Waals surface area contributed by atoms with Crippen molar-refractivity contribution in [2.75, 3.05) is 0 Å². The second-order valence-corrected chi connectivity index (χ2v) is 4.92. The van der Waals surface area contributed by atoms with Crippen LogP contribution in [0.25, 0.3) is 17.1 Å². The summed E-state index contributed by atoms with van der Waals surface area (Å²) < 4.78 is 2.32. The Labute approximate surface area is 126 Å². The largest absolute Gasteiger partial charge is 0.268 e. The van der Waals surface area contributed by atoms with Gasteiger partial charge in [-0.05, 0) is 49.0 Å². The predicted octanol–water partition coefficient (Wildman–Crippen LogP) is 3.17. The molecule has 0 atom stereocenters. The first-order valence-electron chi connectivity index (χ1n) is 6.29. The van der Waals surface area contributed by atoms with Crippen LogP contribution in [0.2, 0.25) is 0 Å². The molecule has 0 spiro atoms. The van der Waals surface area contributed by atoms with E-state index >= 15 is 0 Å². The van der Waals surface area contributed by atoms with Crippen LogP contribution in [-0.4, -0.2) is 19.7 Å². The molecule has 5 nitrogen and oxygen atoms in total. The molecule has 0 saturated carbocycles. The maximum Gasteiger partial charge on any atom is 0.200 e. The van der Waals surface area contributed by atoms with Gasteiger partial charge < -0.3 is 0 Å². The van der Waals surface area contributed by atoms with Gasteiger partial charge in [0, 0.05) is 18.0 Å². The Morgan fingerprint density at radius 2 is 2.00 bits per heavy atom. The summed E-state index contributed by atoms with van der Waals surface area (Å²) in [7, 11) is 0. The van der Waals surface area contributed by atoms with Crippen molar-refractivity contribution in [2.24, 2.45) is 0 Å². The molecule has 0 aliphatic carbocycles. The zero-order valence-electron chi connectivity index (χ0n) is 11.2. The molecular formula is C15H11N5S. The number of rotatable bonds is 2. The third kappa shape index (κ3) is 2.35. The summed E-state index contributed by atoms with van der Waals surface area (Å²) >= 11 is 5.34. The van der Waals surface area contributed by atoms with Gasteiger partial charge in [0.15, 0.2) is 10.6 Å². The van der Waals surface area contributed by atoms with Crippen molar-refractivity contribution in [2.45, 2.75) is 6.92 Å². The van der Waals surface area contributed by atoms with E-state index in [-0.39, 0.29) is 0 Å².